The summed E-state index contributed by atoms with van der Waals surface area (Å²) >= 11 is 0. The summed E-state index contributed by atoms with van der Waals surface area (Å²) in [6.07, 6.45) is 2.94. The van der Waals surface area contributed by atoms with Crippen LogP contribution in [0.25, 0.3) is 16.9 Å². The van der Waals surface area contributed by atoms with Crippen LogP contribution in [0.1, 0.15) is 32.8 Å². The van der Waals surface area contributed by atoms with Crippen LogP contribution in [0.3, 0.4) is 0 Å². The highest BCUT2D eigenvalue weighted by molar-refractivity contribution is 5.87. The smallest absolute Gasteiger partial charge is 0.182 e. The topological polar surface area (TPSA) is 126 Å². The number of halogens is 1. The largest absolute Gasteiger partial charge is 0.381 e. The minimum atomic E-state index is -0.922. The van der Waals surface area contributed by atoms with E-state index in [1.165, 1.54) is 6.20 Å². The molecule has 8 nitrogen and oxygen atoms in total. The maximum atomic E-state index is 13.8. The lowest BCUT2D eigenvalue weighted by atomic mass is 9.85. The summed E-state index contributed by atoms with van der Waals surface area (Å²) in [5.41, 5.74) is 5.95. The van der Waals surface area contributed by atoms with Crippen molar-refractivity contribution in [2.24, 2.45) is 5.73 Å². The average Bonchev–Trinajstić information content (AvgIpc) is 3.09. The van der Waals surface area contributed by atoms with Gasteiger partial charge in [0.2, 0.25) is 0 Å². The first kappa shape index (κ1) is 20.3. The Morgan fingerprint density at radius 1 is 1.52 bits per heavy atom. The fourth-order valence-corrected chi connectivity index (χ4v) is 2.52. The summed E-state index contributed by atoms with van der Waals surface area (Å²) in [5.74, 6) is -0.753. The first-order valence-corrected chi connectivity index (χ1v) is 8.64. The van der Waals surface area contributed by atoms with E-state index in [9.17, 15) is 9.65 Å². The molecule has 0 aliphatic heterocycles. The van der Waals surface area contributed by atoms with Crippen molar-refractivity contribution in [1.82, 2.24) is 14.8 Å². The predicted molar refractivity (Wildman–Crippen MR) is 103 cm³/mol. The second kappa shape index (κ2) is 8.60. The Morgan fingerprint density at radius 3 is 2.89 bits per heavy atom. The van der Waals surface area contributed by atoms with Gasteiger partial charge in [0.1, 0.15) is 5.82 Å². The normalized spacial score (nSPS) is 12.6. The van der Waals surface area contributed by atoms with Gasteiger partial charge in [-0.2, -0.15) is 15.0 Å². The lowest BCUT2D eigenvalue weighted by Crippen LogP contribution is -2.17. The molecule has 27 heavy (non-hydrogen) atoms. The van der Waals surface area contributed by atoms with Gasteiger partial charge in [-0.1, -0.05) is 6.92 Å². The number of nitrogens with two attached hydrogens (primary N) is 1. The molecule has 0 bridgehead atoms. The minimum absolute atomic E-state index is 0.308. The zero-order valence-corrected chi connectivity index (χ0v) is 15.7. The van der Waals surface area contributed by atoms with Crippen molar-refractivity contribution in [3.05, 3.63) is 23.7 Å². The molecule has 2 rings (SSSR count). The summed E-state index contributed by atoms with van der Waals surface area (Å²) in [5, 5.41) is 24.4. The maximum absolute atomic E-state index is 13.8. The van der Waals surface area contributed by atoms with Crippen molar-refractivity contribution in [1.29, 1.82) is 10.7 Å². The van der Waals surface area contributed by atoms with Crippen LogP contribution < -0.4 is 11.1 Å². The van der Waals surface area contributed by atoms with Crippen molar-refractivity contribution in [3.63, 3.8) is 0 Å². The van der Waals surface area contributed by atoms with Crippen LogP contribution in [-0.4, -0.2) is 40.7 Å². The molecular weight excluding hydrogens is 349 g/mol. The van der Waals surface area contributed by atoms with Crippen LogP contribution in [-0.2, 0) is 10.2 Å². The lowest BCUT2D eigenvalue weighted by Gasteiger charge is -2.18. The number of anilines is 1. The number of aromatic nitrogens is 3. The zero-order valence-electron chi connectivity index (χ0n) is 15.7. The second-order valence-electron chi connectivity index (χ2n) is 6.50. The van der Waals surface area contributed by atoms with Crippen molar-refractivity contribution in [2.45, 2.75) is 32.6 Å². The Hall–Kier alpha value is -2.99. The van der Waals surface area contributed by atoms with Crippen molar-refractivity contribution in [2.75, 3.05) is 25.1 Å². The fraction of sp³-hybridized carbons (Fsp3) is 0.444. The van der Waals surface area contributed by atoms with Gasteiger partial charge in [0.25, 0.3) is 0 Å². The number of hydrogen-bond acceptors (Lipinski definition) is 7. The molecule has 0 spiro atoms. The van der Waals surface area contributed by atoms with E-state index in [0.717, 1.165) is 11.1 Å². The standard InChI is InChI=1S/C18H24FN7O/c1-4-6-27-7-5-23-15-8-13(18(2,3)11-21)12-10-24-26(17(12)25-15)16(22)14(19)9-20/h8-10,20H,4-7,22H2,1-3H3,(H,23,25). The third kappa shape index (κ3) is 4.41. The predicted octanol–water partition coefficient (Wildman–Crippen LogP) is 2.77. The van der Waals surface area contributed by atoms with Crippen LogP contribution >= 0.6 is 0 Å². The third-order valence-electron chi connectivity index (χ3n) is 3.99. The van der Waals surface area contributed by atoms with E-state index in [4.69, 9.17) is 15.9 Å². The molecular formula is C18H24FN7O. The van der Waals surface area contributed by atoms with E-state index < -0.39 is 11.2 Å². The van der Waals surface area contributed by atoms with E-state index in [1.54, 1.807) is 19.9 Å². The molecule has 0 aliphatic carbocycles. The molecule has 0 aromatic carbocycles. The van der Waals surface area contributed by atoms with E-state index in [1.807, 2.05) is 6.92 Å². The van der Waals surface area contributed by atoms with Crippen molar-refractivity contribution >= 4 is 28.9 Å². The molecule has 2 aromatic heterocycles. The second-order valence-corrected chi connectivity index (χ2v) is 6.50. The van der Waals surface area contributed by atoms with Crippen LogP contribution in [0, 0.1) is 16.7 Å². The Bertz CT molecular complexity index is 895. The Labute approximate surface area is 157 Å². The maximum Gasteiger partial charge on any atom is 0.182 e. The number of allylic oxidation sites excluding steroid dienone is 1. The molecule has 4 N–H and O–H groups in total. The van der Waals surface area contributed by atoms with Crippen LogP contribution in [0.4, 0.5) is 10.2 Å². The van der Waals surface area contributed by atoms with Crippen molar-refractivity contribution < 1.29 is 9.13 Å². The van der Waals surface area contributed by atoms with Gasteiger partial charge in [-0.3, -0.25) is 0 Å². The van der Waals surface area contributed by atoms with Gasteiger partial charge in [0, 0.05) is 18.5 Å². The minimum Gasteiger partial charge on any atom is -0.381 e. The number of ether oxygens (including phenoxy) is 1. The molecule has 9 heteroatoms. The molecule has 0 unspecified atom stereocenters. The zero-order chi connectivity index (χ0) is 20.0. The molecule has 2 heterocycles. The molecule has 0 atom stereocenters. The molecule has 0 radical (unpaired) electrons. The summed E-state index contributed by atoms with van der Waals surface area (Å²) in [4.78, 5) is 4.47. The SMILES string of the molecule is CCCOCCNc1cc(C(C)(C)C#N)c2cnn(C(N)=C(F)C=N)c2n1. The molecule has 0 fully saturated rings. The van der Waals surface area contributed by atoms with Gasteiger partial charge in [-0.15, -0.1) is 0 Å². The Balaban J connectivity index is 2.52. The summed E-state index contributed by atoms with van der Waals surface area (Å²) in [7, 11) is 0. The summed E-state index contributed by atoms with van der Waals surface area (Å²) in [6.45, 7) is 7.31. The highest BCUT2D eigenvalue weighted by Crippen LogP contribution is 2.32. The summed E-state index contributed by atoms with van der Waals surface area (Å²) in [6, 6.07) is 4.04. The number of nitrogens with one attached hydrogen (secondary N) is 2. The average molecular weight is 373 g/mol. The molecule has 144 valence electrons. The highest BCUT2D eigenvalue weighted by Gasteiger charge is 2.26. The summed E-state index contributed by atoms with van der Waals surface area (Å²) < 4.78 is 20.3. The number of rotatable bonds is 9. The van der Waals surface area contributed by atoms with Crippen LogP contribution in [0.15, 0.2) is 18.1 Å². The van der Waals surface area contributed by atoms with Crippen LogP contribution in [0.5, 0.6) is 0 Å². The molecule has 0 amide bonds. The monoisotopic (exact) mass is 373 g/mol. The molecule has 0 aliphatic rings. The van der Waals surface area contributed by atoms with Gasteiger partial charge < -0.3 is 21.2 Å². The number of nitriles is 1. The van der Waals surface area contributed by atoms with E-state index in [0.29, 0.717) is 48.4 Å². The first-order valence-electron chi connectivity index (χ1n) is 8.64. The van der Waals surface area contributed by atoms with E-state index in [-0.39, 0.29) is 5.82 Å². The van der Waals surface area contributed by atoms with Gasteiger partial charge in [0.05, 0.1) is 30.5 Å². The lowest BCUT2D eigenvalue weighted by molar-refractivity contribution is 0.144. The molecule has 2 aromatic rings. The van der Waals surface area contributed by atoms with Crippen LogP contribution in [0.2, 0.25) is 0 Å². The fourth-order valence-electron chi connectivity index (χ4n) is 2.52. The van der Waals surface area contributed by atoms with Gasteiger partial charge in [-0.05, 0) is 31.9 Å². The third-order valence-corrected chi connectivity index (χ3v) is 3.99. The first-order chi connectivity index (χ1) is 12.9. The molecule has 0 saturated carbocycles. The van der Waals surface area contributed by atoms with Gasteiger partial charge in [0.15, 0.2) is 17.3 Å². The highest BCUT2D eigenvalue weighted by atomic mass is 19.1. The number of hydrogen-bond donors (Lipinski definition) is 3. The van der Waals surface area contributed by atoms with Gasteiger partial charge in [-0.25, -0.2) is 9.37 Å². The van der Waals surface area contributed by atoms with Gasteiger partial charge >= 0.3 is 0 Å². The molecule has 0 saturated heterocycles. The van der Waals surface area contributed by atoms with E-state index >= 15 is 0 Å². The van der Waals surface area contributed by atoms with E-state index in [2.05, 4.69) is 21.5 Å². The number of nitrogens with zero attached hydrogens (tertiary/aromatic N) is 4. The Morgan fingerprint density at radius 2 is 2.26 bits per heavy atom. The number of fused-ring (bicyclic) bond motifs is 1. The quantitative estimate of drug-likeness (QED) is 0.458. The Kier molecular flexibility index (Phi) is 6.47. The van der Waals surface area contributed by atoms with Crippen molar-refractivity contribution in [3.8, 4) is 6.07 Å². The number of pyridine rings is 1.